The average molecular weight is 387 g/mol. The molecule has 0 fully saturated rings. The van der Waals surface area contributed by atoms with Gasteiger partial charge in [0.2, 0.25) is 0 Å². The van der Waals surface area contributed by atoms with Crippen LogP contribution < -0.4 is 14.8 Å². The second kappa shape index (κ2) is 6.20. The van der Waals surface area contributed by atoms with E-state index < -0.39 is 6.23 Å². The molecule has 3 aromatic rings. The molecule has 2 heterocycles. The summed E-state index contributed by atoms with van der Waals surface area (Å²) in [5, 5.41) is 3.88. The second-order valence-corrected chi connectivity index (χ2v) is 6.49. The van der Waals surface area contributed by atoms with E-state index in [9.17, 15) is 4.79 Å². The molecule has 1 aromatic heterocycles. The van der Waals surface area contributed by atoms with Crippen molar-refractivity contribution < 1.29 is 14.3 Å². The predicted molar refractivity (Wildman–Crippen MR) is 94.4 cm³/mol. The van der Waals surface area contributed by atoms with E-state index >= 15 is 0 Å². The number of amides is 1. The van der Waals surface area contributed by atoms with E-state index in [1.807, 2.05) is 48.5 Å². The van der Waals surface area contributed by atoms with Gasteiger partial charge in [0.05, 0.1) is 6.61 Å². The van der Waals surface area contributed by atoms with Gasteiger partial charge in [0.1, 0.15) is 5.69 Å². The third kappa shape index (κ3) is 2.97. The van der Waals surface area contributed by atoms with Crippen molar-refractivity contribution in [1.29, 1.82) is 0 Å². The minimum absolute atomic E-state index is 0.202. The molecule has 1 aliphatic heterocycles. The lowest BCUT2D eigenvalue weighted by molar-refractivity contribution is 0.0814. The summed E-state index contributed by atoms with van der Waals surface area (Å²) in [7, 11) is 0. The van der Waals surface area contributed by atoms with E-state index in [2.05, 4.69) is 26.2 Å². The third-order valence-corrected chi connectivity index (χ3v) is 4.37. The number of carbonyl (C=O) groups is 1. The van der Waals surface area contributed by atoms with Crippen LogP contribution in [0.1, 0.15) is 16.9 Å². The fourth-order valence-electron chi connectivity index (χ4n) is 2.71. The zero-order valence-corrected chi connectivity index (χ0v) is 14.3. The zero-order chi connectivity index (χ0) is 16.5. The number of nitrogens with one attached hydrogen (secondary N) is 2. The molecule has 0 spiro atoms. The number of carbonyl (C=O) groups excluding carboxylic acids is 1. The number of hydrogen-bond acceptors (Lipinski definition) is 3. The van der Waals surface area contributed by atoms with Gasteiger partial charge in [-0.05, 0) is 36.4 Å². The highest BCUT2D eigenvalue weighted by molar-refractivity contribution is 9.10. The van der Waals surface area contributed by atoms with E-state index in [4.69, 9.17) is 9.47 Å². The Morgan fingerprint density at radius 1 is 1.17 bits per heavy atom. The van der Waals surface area contributed by atoms with E-state index in [0.29, 0.717) is 30.2 Å². The first-order valence-corrected chi connectivity index (χ1v) is 8.46. The SMILES string of the molecule is O=C(NC1CCOc2ccccc2O1)c1cc2cc(Br)ccc2[nH]1. The van der Waals surface area contributed by atoms with Crippen LogP contribution in [0.25, 0.3) is 10.9 Å². The normalized spacial score (nSPS) is 16.6. The van der Waals surface area contributed by atoms with Crippen LogP contribution in [0.15, 0.2) is 53.0 Å². The number of ether oxygens (including phenoxy) is 2. The van der Waals surface area contributed by atoms with Crippen molar-refractivity contribution in [3.63, 3.8) is 0 Å². The molecular formula is C18H15BrN2O3. The van der Waals surface area contributed by atoms with Gasteiger partial charge >= 0.3 is 0 Å². The van der Waals surface area contributed by atoms with Crippen LogP contribution in [0.2, 0.25) is 0 Å². The summed E-state index contributed by atoms with van der Waals surface area (Å²) >= 11 is 3.43. The number of aromatic amines is 1. The van der Waals surface area contributed by atoms with Gasteiger partial charge in [-0.3, -0.25) is 4.79 Å². The molecule has 1 aliphatic rings. The fourth-order valence-corrected chi connectivity index (χ4v) is 3.09. The summed E-state index contributed by atoms with van der Waals surface area (Å²) in [6, 6.07) is 15.1. The van der Waals surface area contributed by atoms with E-state index in [1.165, 1.54) is 0 Å². The Morgan fingerprint density at radius 2 is 2.00 bits per heavy atom. The molecule has 0 saturated carbocycles. The van der Waals surface area contributed by atoms with Crippen molar-refractivity contribution in [2.45, 2.75) is 12.6 Å². The minimum atomic E-state index is -0.431. The molecule has 0 aliphatic carbocycles. The van der Waals surface area contributed by atoms with Crippen LogP contribution in [-0.2, 0) is 0 Å². The molecule has 0 bridgehead atoms. The Morgan fingerprint density at radius 3 is 2.88 bits per heavy atom. The molecule has 1 unspecified atom stereocenters. The predicted octanol–water partition coefficient (Wildman–Crippen LogP) is 3.85. The highest BCUT2D eigenvalue weighted by Crippen LogP contribution is 2.30. The number of aromatic nitrogens is 1. The number of benzene rings is 2. The van der Waals surface area contributed by atoms with E-state index in [1.54, 1.807) is 0 Å². The molecule has 2 aromatic carbocycles. The Kier molecular flexibility index (Phi) is 3.90. The van der Waals surface area contributed by atoms with Gasteiger partial charge < -0.3 is 19.8 Å². The van der Waals surface area contributed by atoms with Crippen molar-refractivity contribution in [2.24, 2.45) is 0 Å². The maximum absolute atomic E-state index is 12.5. The fraction of sp³-hybridized carbons (Fsp3) is 0.167. The Labute approximate surface area is 147 Å². The van der Waals surface area contributed by atoms with Gasteiger partial charge in [-0.15, -0.1) is 0 Å². The Balaban J connectivity index is 1.52. The quantitative estimate of drug-likeness (QED) is 0.702. The first kappa shape index (κ1) is 15.1. The van der Waals surface area contributed by atoms with Crippen molar-refractivity contribution >= 4 is 32.7 Å². The van der Waals surface area contributed by atoms with Crippen molar-refractivity contribution in [3.05, 3.63) is 58.7 Å². The maximum atomic E-state index is 12.5. The number of rotatable bonds is 2. The van der Waals surface area contributed by atoms with Crippen LogP contribution in [0, 0.1) is 0 Å². The van der Waals surface area contributed by atoms with Gasteiger partial charge in [-0.25, -0.2) is 0 Å². The third-order valence-electron chi connectivity index (χ3n) is 3.88. The summed E-state index contributed by atoms with van der Waals surface area (Å²) < 4.78 is 12.5. The molecule has 24 heavy (non-hydrogen) atoms. The van der Waals surface area contributed by atoms with Crippen molar-refractivity contribution in [1.82, 2.24) is 10.3 Å². The molecule has 1 atom stereocenters. The largest absolute Gasteiger partial charge is 0.489 e. The lowest BCUT2D eigenvalue weighted by Gasteiger charge is -2.17. The zero-order valence-electron chi connectivity index (χ0n) is 12.7. The molecule has 4 rings (SSSR count). The van der Waals surface area contributed by atoms with Crippen LogP contribution >= 0.6 is 15.9 Å². The molecule has 1 amide bonds. The molecule has 122 valence electrons. The first-order chi connectivity index (χ1) is 11.7. The van der Waals surface area contributed by atoms with Gasteiger partial charge in [0, 0.05) is 21.8 Å². The smallest absolute Gasteiger partial charge is 0.270 e. The molecule has 5 nitrogen and oxygen atoms in total. The van der Waals surface area contributed by atoms with Gasteiger partial charge in [-0.2, -0.15) is 0 Å². The number of H-pyrrole nitrogens is 1. The number of para-hydroxylation sites is 2. The van der Waals surface area contributed by atoms with E-state index in [0.717, 1.165) is 15.4 Å². The monoisotopic (exact) mass is 386 g/mol. The summed E-state index contributed by atoms with van der Waals surface area (Å²) in [4.78, 5) is 15.6. The molecule has 0 saturated heterocycles. The number of halogens is 1. The first-order valence-electron chi connectivity index (χ1n) is 7.67. The van der Waals surface area contributed by atoms with Gasteiger partial charge in [-0.1, -0.05) is 28.1 Å². The van der Waals surface area contributed by atoms with Gasteiger partial charge in [0.25, 0.3) is 5.91 Å². The molecule has 6 heteroatoms. The van der Waals surface area contributed by atoms with Gasteiger partial charge in [0.15, 0.2) is 17.7 Å². The maximum Gasteiger partial charge on any atom is 0.270 e. The summed E-state index contributed by atoms with van der Waals surface area (Å²) in [6.45, 7) is 0.488. The van der Waals surface area contributed by atoms with Crippen LogP contribution in [0.4, 0.5) is 0 Å². The summed E-state index contributed by atoms with van der Waals surface area (Å²) in [5.74, 6) is 1.14. The lowest BCUT2D eigenvalue weighted by Crippen LogP contribution is -2.39. The molecular weight excluding hydrogens is 372 g/mol. The second-order valence-electron chi connectivity index (χ2n) is 5.58. The highest BCUT2D eigenvalue weighted by Gasteiger charge is 2.21. The molecule has 2 N–H and O–H groups in total. The average Bonchev–Trinajstić information content (AvgIpc) is 2.88. The Bertz CT molecular complexity index is 906. The summed E-state index contributed by atoms with van der Waals surface area (Å²) in [6.07, 6.45) is 0.144. The summed E-state index contributed by atoms with van der Waals surface area (Å²) in [5.41, 5.74) is 1.42. The highest BCUT2D eigenvalue weighted by atomic mass is 79.9. The number of hydrogen-bond donors (Lipinski definition) is 2. The standard InChI is InChI=1S/C18H15BrN2O3/c19-12-5-6-13-11(9-12)10-14(20-13)18(22)21-17-7-8-23-15-3-1-2-4-16(15)24-17/h1-6,9-10,17,20H,7-8H2,(H,21,22). The van der Waals surface area contributed by atoms with Crippen LogP contribution in [0.3, 0.4) is 0 Å². The topological polar surface area (TPSA) is 63.4 Å². The number of fused-ring (bicyclic) bond motifs is 2. The Hall–Kier alpha value is -2.47. The van der Waals surface area contributed by atoms with Crippen LogP contribution in [0.5, 0.6) is 11.5 Å². The van der Waals surface area contributed by atoms with Crippen molar-refractivity contribution in [2.75, 3.05) is 6.61 Å². The molecule has 0 radical (unpaired) electrons. The lowest BCUT2D eigenvalue weighted by atomic mass is 10.2. The van der Waals surface area contributed by atoms with Crippen molar-refractivity contribution in [3.8, 4) is 11.5 Å². The van der Waals surface area contributed by atoms with Crippen LogP contribution in [-0.4, -0.2) is 23.7 Å². The minimum Gasteiger partial charge on any atom is -0.489 e. The van der Waals surface area contributed by atoms with E-state index in [-0.39, 0.29) is 5.91 Å².